The zero-order chi connectivity index (χ0) is 17.1. The lowest BCUT2D eigenvalue weighted by molar-refractivity contribution is 0.162. The number of aromatic nitrogens is 2. The van der Waals surface area contributed by atoms with E-state index in [9.17, 15) is 4.39 Å². The van der Waals surface area contributed by atoms with Gasteiger partial charge in [0.05, 0.1) is 11.9 Å². The number of rotatable bonds is 4. The Bertz CT molecular complexity index is 665. The number of likely N-dealkylation sites (tertiary alicyclic amines) is 1. The van der Waals surface area contributed by atoms with E-state index in [0.717, 1.165) is 23.0 Å². The standard InChI is InChI=1S/C21H28FN3/c22-19-8-6-17(7-9-19)20-14-23-21(24-20)18-10-12-25(13-11-18)15-16-4-2-1-3-5-16/h6-9,14,16,18H,1-5,10-13,15H2,(H,23,24). The summed E-state index contributed by atoms with van der Waals surface area (Å²) in [5.41, 5.74) is 1.98. The number of nitrogens with one attached hydrogen (secondary N) is 1. The van der Waals surface area contributed by atoms with Crippen molar-refractivity contribution >= 4 is 0 Å². The van der Waals surface area contributed by atoms with E-state index in [0.29, 0.717) is 5.92 Å². The van der Waals surface area contributed by atoms with Gasteiger partial charge in [0.1, 0.15) is 11.6 Å². The minimum absolute atomic E-state index is 0.200. The lowest BCUT2D eigenvalue weighted by atomic mass is 9.88. The minimum atomic E-state index is -0.200. The number of aromatic amines is 1. The van der Waals surface area contributed by atoms with Gasteiger partial charge in [-0.05, 0) is 74.5 Å². The van der Waals surface area contributed by atoms with E-state index in [4.69, 9.17) is 0 Å². The SMILES string of the molecule is Fc1ccc(-c2cnc(C3CCN(CC4CCCCC4)CC3)[nH]2)cc1. The summed E-state index contributed by atoms with van der Waals surface area (Å²) in [6.07, 6.45) is 11.4. The number of hydrogen-bond acceptors (Lipinski definition) is 2. The molecule has 1 aliphatic carbocycles. The van der Waals surface area contributed by atoms with Crippen molar-refractivity contribution in [3.05, 3.63) is 42.1 Å². The van der Waals surface area contributed by atoms with E-state index in [1.807, 2.05) is 6.20 Å². The fourth-order valence-corrected chi connectivity index (χ4v) is 4.44. The molecule has 134 valence electrons. The molecule has 3 nitrogen and oxygen atoms in total. The molecule has 0 spiro atoms. The van der Waals surface area contributed by atoms with E-state index >= 15 is 0 Å². The molecular weight excluding hydrogens is 313 g/mol. The maximum atomic E-state index is 13.1. The highest BCUT2D eigenvalue weighted by Crippen LogP contribution is 2.30. The average Bonchev–Trinajstić information content (AvgIpc) is 3.14. The summed E-state index contributed by atoms with van der Waals surface area (Å²) < 4.78 is 13.1. The quantitative estimate of drug-likeness (QED) is 0.851. The molecule has 0 bridgehead atoms. The normalized spacial score (nSPS) is 20.8. The first-order chi connectivity index (χ1) is 12.3. The Kier molecular flexibility index (Phi) is 5.16. The molecule has 1 saturated heterocycles. The van der Waals surface area contributed by atoms with Crippen LogP contribution in [0.25, 0.3) is 11.3 Å². The summed E-state index contributed by atoms with van der Waals surface area (Å²) in [4.78, 5) is 10.7. The van der Waals surface area contributed by atoms with E-state index < -0.39 is 0 Å². The third kappa shape index (κ3) is 4.12. The van der Waals surface area contributed by atoms with Gasteiger partial charge in [0.25, 0.3) is 0 Å². The lowest BCUT2D eigenvalue weighted by Gasteiger charge is -2.34. The van der Waals surface area contributed by atoms with Crippen LogP contribution >= 0.6 is 0 Å². The number of nitrogens with zero attached hydrogens (tertiary/aromatic N) is 2. The number of piperidine rings is 1. The molecule has 1 aromatic carbocycles. The van der Waals surface area contributed by atoms with Gasteiger partial charge in [-0.2, -0.15) is 0 Å². The second kappa shape index (κ2) is 7.69. The maximum absolute atomic E-state index is 13.1. The Morgan fingerprint density at radius 3 is 2.44 bits per heavy atom. The predicted octanol–water partition coefficient (Wildman–Crippen LogP) is 4.98. The van der Waals surface area contributed by atoms with Crippen LogP contribution < -0.4 is 0 Å². The van der Waals surface area contributed by atoms with Crippen LogP contribution in [0.1, 0.15) is 56.7 Å². The van der Waals surface area contributed by atoms with Crippen LogP contribution in [0.4, 0.5) is 4.39 Å². The van der Waals surface area contributed by atoms with Crippen molar-refractivity contribution in [3.8, 4) is 11.3 Å². The second-order valence-corrected chi connectivity index (χ2v) is 7.77. The van der Waals surface area contributed by atoms with Gasteiger partial charge in [-0.25, -0.2) is 9.37 Å². The Labute approximate surface area is 149 Å². The van der Waals surface area contributed by atoms with Crippen LogP contribution in [0.2, 0.25) is 0 Å². The summed E-state index contributed by atoms with van der Waals surface area (Å²) in [7, 11) is 0. The van der Waals surface area contributed by atoms with Crippen molar-refractivity contribution < 1.29 is 4.39 Å². The van der Waals surface area contributed by atoms with Gasteiger partial charge in [-0.3, -0.25) is 0 Å². The van der Waals surface area contributed by atoms with Crippen molar-refractivity contribution in [1.29, 1.82) is 0 Å². The first kappa shape index (κ1) is 16.8. The number of halogens is 1. The zero-order valence-electron chi connectivity index (χ0n) is 14.9. The molecule has 4 heteroatoms. The zero-order valence-corrected chi connectivity index (χ0v) is 14.9. The summed E-state index contributed by atoms with van der Waals surface area (Å²) in [5, 5.41) is 0. The van der Waals surface area contributed by atoms with Crippen LogP contribution in [-0.4, -0.2) is 34.5 Å². The molecule has 4 rings (SSSR count). The van der Waals surface area contributed by atoms with Crippen LogP contribution in [0.15, 0.2) is 30.5 Å². The number of imidazole rings is 1. The molecule has 1 saturated carbocycles. The van der Waals surface area contributed by atoms with Gasteiger partial charge in [0.2, 0.25) is 0 Å². The Balaban J connectivity index is 1.32. The second-order valence-electron chi connectivity index (χ2n) is 7.77. The highest BCUT2D eigenvalue weighted by atomic mass is 19.1. The molecule has 0 unspecified atom stereocenters. The lowest BCUT2D eigenvalue weighted by Crippen LogP contribution is -2.37. The summed E-state index contributed by atoms with van der Waals surface area (Å²) in [6.45, 7) is 3.67. The fourth-order valence-electron chi connectivity index (χ4n) is 4.44. The minimum Gasteiger partial charge on any atom is -0.342 e. The van der Waals surface area contributed by atoms with Gasteiger partial charge in [0, 0.05) is 12.5 Å². The molecule has 1 aliphatic heterocycles. The largest absolute Gasteiger partial charge is 0.342 e. The molecule has 2 aromatic rings. The van der Waals surface area contributed by atoms with E-state index in [2.05, 4.69) is 14.9 Å². The van der Waals surface area contributed by atoms with E-state index in [1.165, 1.54) is 76.7 Å². The number of hydrogen-bond donors (Lipinski definition) is 1. The molecular formula is C21H28FN3. The van der Waals surface area contributed by atoms with Crippen molar-refractivity contribution in [1.82, 2.24) is 14.9 Å². The maximum Gasteiger partial charge on any atom is 0.123 e. The molecule has 1 aromatic heterocycles. The Morgan fingerprint density at radius 2 is 1.72 bits per heavy atom. The van der Waals surface area contributed by atoms with Crippen LogP contribution in [0.5, 0.6) is 0 Å². The third-order valence-corrected chi connectivity index (χ3v) is 5.97. The third-order valence-electron chi connectivity index (χ3n) is 5.97. The van der Waals surface area contributed by atoms with E-state index in [1.54, 1.807) is 12.1 Å². The van der Waals surface area contributed by atoms with E-state index in [-0.39, 0.29) is 5.82 Å². The molecule has 2 heterocycles. The average molecular weight is 341 g/mol. The highest BCUT2D eigenvalue weighted by molar-refractivity contribution is 5.58. The first-order valence-corrected chi connectivity index (χ1v) is 9.81. The Morgan fingerprint density at radius 1 is 1.00 bits per heavy atom. The molecule has 0 amide bonds. The fraction of sp³-hybridized carbons (Fsp3) is 0.571. The van der Waals surface area contributed by atoms with Crippen LogP contribution in [0, 0.1) is 11.7 Å². The Hall–Kier alpha value is -1.68. The van der Waals surface area contributed by atoms with Crippen molar-refractivity contribution in [2.45, 2.75) is 50.9 Å². The van der Waals surface area contributed by atoms with Crippen molar-refractivity contribution in [3.63, 3.8) is 0 Å². The van der Waals surface area contributed by atoms with Gasteiger partial charge in [-0.15, -0.1) is 0 Å². The molecule has 2 aliphatic rings. The highest BCUT2D eigenvalue weighted by Gasteiger charge is 2.25. The molecule has 2 fully saturated rings. The molecule has 25 heavy (non-hydrogen) atoms. The van der Waals surface area contributed by atoms with Crippen LogP contribution in [0.3, 0.4) is 0 Å². The predicted molar refractivity (Wildman–Crippen MR) is 99.0 cm³/mol. The van der Waals surface area contributed by atoms with Crippen molar-refractivity contribution in [2.24, 2.45) is 5.92 Å². The first-order valence-electron chi connectivity index (χ1n) is 9.81. The van der Waals surface area contributed by atoms with Gasteiger partial charge in [-0.1, -0.05) is 19.3 Å². The molecule has 0 atom stereocenters. The molecule has 1 N–H and O–H groups in total. The number of H-pyrrole nitrogens is 1. The summed E-state index contributed by atoms with van der Waals surface area (Å²) in [6, 6.07) is 6.61. The summed E-state index contributed by atoms with van der Waals surface area (Å²) >= 11 is 0. The smallest absolute Gasteiger partial charge is 0.123 e. The van der Waals surface area contributed by atoms with Crippen LogP contribution in [-0.2, 0) is 0 Å². The monoisotopic (exact) mass is 341 g/mol. The van der Waals surface area contributed by atoms with Gasteiger partial charge >= 0.3 is 0 Å². The topological polar surface area (TPSA) is 31.9 Å². The summed E-state index contributed by atoms with van der Waals surface area (Å²) in [5.74, 6) is 2.35. The number of benzene rings is 1. The van der Waals surface area contributed by atoms with Crippen molar-refractivity contribution in [2.75, 3.05) is 19.6 Å². The van der Waals surface area contributed by atoms with Gasteiger partial charge < -0.3 is 9.88 Å². The molecule has 0 radical (unpaired) electrons. The van der Waals surface area contributed by atoms with Gasteiger partial charge in [0.15, 0.2) is 0 Å².